The fourth-order valence-electron chi connectivity index (χ4n) is 1.67. The topological polar surface area (TPSA) is 53.1 Å². The zero-order valence-corrected chi connectivity index (χ0v) is 9.47. The molecule has 0 spiro atoms. The Morgan fingerprint density at radius 1 is 1.38 bits per heavy atom. The first-order chi connectivity index (χ1) is 7.69. The number of nitrogens with two attached hydrogens (primary N) is 1. The summed E-state index contributed by atoms with van der Waals surface area (Å²) < 4.78 is 7.11. The van der Waals surface area contributed by atoms with E-state index in [9.17, 15) is 0 Å². The van der Waals surface area contributed by atoms with Crippen LogP contribution in [0.2, 0.25) is 0 Å². The summed E-state index contributed by atoms with van der Waals surface area (Å²) in [5, 5.41) is 4.15. The lowest BCUT2D eigenvalue weighted by molar-refractivity contribution is 0.407. The molecule has 4 nitrogen and oxygen atoms in total. The van der Waals surface area contributed by atoms with Crippen LogP contribution in [0.15, 0.2) is 30.5 Å². The molecule has 1 aromatic heterocycles. The lowest BCUT2D eigenvalue weighted by atomic mass is 10.1. The van der Waals surface area contributed by atoms with Gasteiger partial charge in [0.1, 0.15) is 11.6 Å². The lowest BCUT2D eigenvalue weighted by Crippen LogP contribution is -2.03. The largest absolute Gasteiger partial charge is 0.496 e. The van der Waals surface area contributed by atoms with Crippen molar-refractivity contribution < 1.29 is 4.74 Å². The van der Waals surface area contributed by atoms with Crippen molar-refractivity contribution >= 4 is 5.82 Å². The van der Waals surface area contributed by atoms with E-state index in [1.165, 1.54) is 5.56 Å². The molecular weight excluding hydrogens is 202 g/mol. The minimum atomic E-state index is 0.534. The highest BCUT2D eigenvalue weighted by atomic mass is 16.5. The monoisotopic (exact) mass is 217 g/mol. The van der Waals surface area contributed by atoms with Crippen LogP contribution in [0, 0.1) is 6.92 Å². The SMILES string of the molecule is COc1ccc(C)cc1Cn1ccc(N)n1. The average Bonchev–Trinajstić information content (AvgIpc) is 2.64. The Morgan fingerprint density at radius 2 is 2.19 bits per heavy atom. The van der Waals surface area contributed by atoms with Gasteiger partial charge >= 0.3 is 0 Å². The van der Waals surface area contributed by atoms with Gasteiger partial charge in [0.05, 0.1) is 13.7 Å². The fourth-order valence-corrected chi connectivity index (χ4v) is 1.67. The number of nitrogen functional groups attached to an aromatic ring is 1. The number of aromatic nitrogens is 2. The smallest absolute Gasteiger partial charge is 0.145 e. The number of hydrogen-bond donors (Lipinski definition) is 1. The minimum absolute atomic E-state index is 0.534. The summed E-state index contributed by atoms with van der Waals surface area (Å²) in [6.45, 7) is 2.72. The Bertz CT molecular complexity index is 491. The summed E-state index contributed by atoms with van der Waals surface area (Å²) >= 11 is 0. The van der Waals surface area contributed by atoms with Crippen LogP contribution >= 0.6 is 0 Å². The highest BCUT2D eigenvalue weighted by Gasteiger charge is 2.04. The van der Waals surface area contributed by atoms with Crippen LogP contribution in [0.3, 0.4) is 0 Å². The maximum atomic E-state index is 5.57. The zero-order valence-electron chi connectivity index (χ0n) is 9.47. The predicted octanol–water partition coefficient (Wildman–Crippen LogP) is 1.83. The minimum Gasteiger partial charge on any atom is -0.496 e. The third-order valence-electron chi connectivity index (χ3n) is 2.43. The summed E-state index contributed by atoms with van der Waals surface area (Å²) in [6, 6.07) is 7.87. The van der Waals surface area contributed by atoms with Crippen molar-refractivity contribution in [1.82, 2.24) is 9.78 Å². The summed E-state index contributed by atoms with van der Waals surface area (Å²) in [4.78, 5) is 0. The number of ether oxygens (including phenoxy) is 1. The first kappa shape index (κ1) is 10.5. The second-order valence-corrected chi connectivity index (χ2v) is 3.75. The number of benzene rings is 1. The van der Waals surface area contributed by atoms with Crippen molar-refractivity contribution in [2.45, 2.75) is 13.5 Å². The van der Waals surface area contributed by atoms with Gasteiger partial charge in [0.15, 0.2) is 0 Å². The number of rotatable bonds is 3. The van der Waals surface area contributed by atoms with Gasteiger partial charge in [-0.25, -0.2) is 0 Å². The number of methoxy groups -OCH3 is 1. The van der Waals surface area contributed by atoms with E-state index in [1.54, 1.807) is 17.9 Å². The van der Waals surface area contributed by atoms with Crippen molar-refractivity contribution in [3.05, 3.63) is 41.6 Å². The van der Waals surface area contributed by atoms with Gasteiger partial charge in [0, 0.05) is 11.8 Å². The van der Waals surface area contributed by atoms with Crippen molar-refractivity contribution in [2.24, 2.45) is 0 Å². The first-order valence-corrected chi connectivity index (χ1v) is 5.11. The highest BCUT2D eigenvalue weighted by Crippen LogP contribution is 2.20. The van der Waals surface area contributed by atoms with E-state index in [0.29, 0.717) is 12.4 Å². The third kappa shape index (κ3) is 2.16. The molecule has 2 N–H and O–H groups in total. The van der Waals surface area contributed by atoms with Crippen molar-refractivity contribution in [3.63, 3.8) is 0 Å². The van der Waals surface area contributed by atoms with Gasteiger partial charge in [-0.05, 0) is 19.1 Å². The first-order valence-electron chi connectivity index (χ1n) is 5.11. The van der Waals surface area contributed by atoms with Crippen LogP contribution in [0.5, 0.6) is 5.75 Å². The van der Waals surface area contributed by atoms with E-state index < -0.39 is 0 Å². The molecule has 0 aliphatic carbocycles. The van der Waals surface area contributed by atoms with E-state index in [1.807, 2.05) is 18.3 Å². The number of hydrogen-bond acceptors (Lipinski definition) is 3. The van der Waals surface area contributed by atoms with Gasteiger partial charge in [-0.3, -0.25) is 4.68 Å². The molecule has 0 saturated carbocycles. The molecule has 0 fully saturated rings. The van der Waals surface area contributed by atoms with Crippen LogP contribution in [-0.4, -0.2) is 16.9 Å². The lowest BCUT2D eigenvalue weighted by Gasteiger charge is -2.09. The average molecular weight is 217 g/mol. The molecule has 2 aromatic rings. The standard InChI is InChI=1S/C12H15N3O/c1-9-3-4-11(16-2)10(7-9)8-15-6-5-12(13)14-15/h3-7H,8H2,1-2H3,(H2,13,14). The molecule has 16 heavy (non-hydrogen) atoms. The number of aryl methyl sites for hydroxylation is 1. The molecule has 0 aliphatic heterocycles. The van der Waals surface area contributed by atoms with Gasteiger partial charge < -0.3 is 10.5 Å². The molecule has 0 radical (unpaired) electrons. The molecule has 1 heterocycles. The van der Waals surface area contributed by atoms with E-state index in [2.05, 4.69) is 18.1 Å². The maximum absolute atomic E-state index is 5.57. The molecule has 4 heteroatoms. The van der Waals surface area contributed by atoms with Gasteiger partial charge in [0.2, 0.25) is 0 Å². The Balaban J connectivity index is 2.29. The molecule has 0 unspecified atom stereocenters. The van der Waals surface area contributed by atoms with Crippen LogP contribution in [0.25, 0.3) is 0 Å². The number of anilines is 1. The second-order valence-electron chi connectivity index (χ2n) is 3.75. The zero-order chi connectivity index (χ0) is 11.5. The van der Waals surface area contributed by atoms with Crippen LogP contribution in [0.1, 0.15) is 11.1 Å². The van der Waals surface area contributed by atoms with Gasteiger partial charge in [-0.15, -0.1) is 0 Å². The van der Waals surface area contributed by atoms with Crippen LogP contribution < -0.4 is 10.5 Å². The molecule has 0 saturated heterocycles. The van der Waals surface area contributed by atoms with Gasteiger partial charge in [-0.2, -0.15) is 5.10 Å². The summed E-state index contributed by atoms with van der Waals surface area (Å²) in [6.07, 6.45) is 1.86. The molecule has 0 atom stereocenters. The molecule has 2 rings (SSSR count). The summed E-state index contributed by atoms with van der Waals surface area (Å²) in [5.41, 5.74) is 7.88. The second kappa shape index (κ2) is 4.26. The summed E-state index contributed by atoms with van der Waals surface area (Å²) in [5.74, 6) is 1.41. The quantitative estimate of drug-likeness (QED) is 0.853. The molecule has 0 amide bonds. The molecule has 0 bridgehead atoms. The predicted molar refractivity (Wildman–Crippen MR) is 63.5 cm³/mol. The molecule has 1 aromatic carbocycles. The Hall–Kier alpha value is -1.97. The molecule has 84 valence electrons. The fraction of sp³-hybridized carbons (Fsp3) is 0.250. The highest BCUT2D eigenvalue weighted by molar-refractivity contribution is 5.37. The van der Waals surface area contributed by atoms with Crippen LogP contribution in [-0.2, 0) is 6.54 Å². The maximum Gasteiger partial charge on any atom is 0.145 e. The van der Waals surface area contributed by atoms with Gasteiger partial charge in [0.25, 0.3) is 0 Å². The Morgan fingerprint density at radius 3 is 2.81 bits per heavy atom. The van der Waals surface area contributed by atoms with E-state index in [-0.39, 0.29) is 0 Å². The van der Waals surface area contributed by atoms with Crippen LogP contribution in [0.4, 0.5) is 5.82 Å². The molecule has 0 aliphatic rings. The Labute approximate surface area is 94.6 Å². The van der Waals surface area contributed by atoms with Crippen molar-refractivity contribution in [2.75, 3.05) is 12.8 Å². The normalized spacial score (nSPS) is 10.4. The van der Waals surface area contributed by atoms with E-state index in [4.69, 9.17) is 10.5 Å². The van der Waals surface area contributed by atoms with E-state index >= 15 is 0 Å². The van der Waals surface area contributed by atoms with Crippen molar-refractivity contribution in [1.29, 1.82) is 0 Å². The van der Waals surface area contributed by atoms with Gasteiger partial charge in [-0.1, -0.05) is 17.7 Å². The Kier molecular flexibility index (Phi) is 2.81. The number of nitrogens with zero attached hydrogens (tertiary/aromatic N) is 2. The summed E-state index contributed by atoms with van der Waals surface area (Å²) in [7, 11) is 1.67. The van der Waals surface area contributed by atoms with Crippen molar-refractivity contribution in [3.8, 4) is 5.75 Å². The van der Waals surface area contributed by atoms with E-state index in [0.717, 1.165) is 11.3 Å². The third-order valence-corrected chi connectivity index (χ3v) is 2.43. The molecular formula is C12H15N3O.